The maximum absolute atomic E-state index is 11.6. The first-order valence-corrected chi connectivity index (χ1v) is 6.66. The van der Waals surface area contributed by atoms with Crippen LogP contribution >= 0.6 is 15.9 Å². The summed E-state index contributed by atoms with van der Waals surface area (Å²) in [4.78, 5) is 11.5. The van der Waals surface area contributed by atoms with E-state index in [1.54, 1.807) is 20.3 Å². The maximum atomic E-state index is 11.6. The van der Waals surface area contributed by atoms with Gasteiger partial charge < -0.3 is 14.8 Å². The summed E-state index contributed by atoms with van der Waals surface area (Å²) in [7, 11) is 3.20. The van der Waals surface area contributed by atoms with E-state index in [9.17, 15) is 4.79 Å². The van der Waals surface area contributed by atoms with E-state index in [0.29, 0.717) is 12.3 Å². The molecule has 0 saturated carbocycles. The van der Waals surface area contributed by atoms with Crippen LogP contribution in [0.25, 0.3) is 0 Å². The van der Waals surface area contributed by atoms with Gasteiger partial charge in [-0.25, -0.2) is 0 Å². The molecule has 5 heteroatoms. The van der Waals surface area contributed by atoms with Crippen molar-refractivity contribution in [1.29, 1.82) is 0 Å². The smallest absolute Gasteiger partial charge is 0.234 e. The van der Waals surface area contributed by atoms with Crippen LogP contribution in [0.3, 0.4) is 0 Å². The standard InChI is InChI=1S/C13H18BrNO3/c1-4-11(14)13(16)15-8-9-5-6-10(17-2)7-12(9)18-3/h5-7,11H,4,8H2,1-3H3,(H,15,16). The first kappa shape index (κ1) is 14.8. The van der Waals surface area contributed by atoms with E-state index in [0.717, 1.165) is 17.7 Å². The third-order valence-corrected chi connectivity index (χ3v) is 3.65. The highest BCUT2D eigenvalue weighted by Crippen LogP contribution is 2.24. The fourth-order valence-electron chi connectivity index (χ4n) is 1.48. The zero-order chi connectivity index (χ0) is 13.5. The Labute approximate surface area is 116 Å². The van der Waals surface area contributed by atoms with Crippen molar-refractivity contribution in [3.63, 3.8) is 0 Å². The molecule has 0 aromatic heterocycles. The molecular formula is C13H18BrNO3. The zero-order valence-corrected chi connectivity index (χ0v) is 12.4. The van der Waals surface area contributed by atoms with Gasteiger partial charge in [0.05, 0.1) is 19.0 Å². The molecule has 4 nitrogen and oxygen atoms in total. The number of benzene rings is 1. The minimum absolute atomic E-state index is 0.0182. The van der Waals surface area contributed by atoms with Crippen LogP contribution < -0.4 is 14.8 Å². The second kappa shape index (κ2) is 7.26. The number of halogens is 1. The Kier molecular flexibility index (Phi) is 5.98. The molecule has 1 aromatic carbocycles. The fraction of sp³-hybridized carbons (Fsp3) is 0.462. The lowest BCUT2D eigenvalue weighted by atomic mass is 10.2. The second-order valence-electron chi connectivity index (χ2n) is 3.77. The first-order valence-electron chi connectivity index (χ1n) is 5.75. The summed E-state index contributed by atoms with van der Waals surface area (Å²) in [6.45, 7) is 2.39. The summed E-state index contributed by atoms with van der Waals surface area (Å²) < 4.78 is 10.4. The lowest BCUT2D eigenvalue weighted by Gasteiger charge is -2.12. The van der Waals surface area contributed by atoms with Crippen LogP contribution in [0.1, 0.15) is 18.9 Å². The van der Waals surface area contributed by atoms with Gasteiger partial charge in [0.25, 0.3) is 0 Å². The van der Waals surface area contributed by atoms with Gasteiger partial charge in [-0.3, -0.25) is 4.79 Å². The summed E-state index contributed by atoms with van der Waals surface area (Å²) in [5.74, 6) is 1.42. The van der Waals surface area contributed by atoms with Crippen LogP contribution in [0, 0.1) is 0 Å². The number of hydrogen-bond donors (Lipinski definition) is 1. The van der Waals surface area contributed by atoms with Crippen molar-refractivity contribution in [3.05, 3.63) is 23.8 Å². The Hall–Kier alpha value is -1.23. The second-order valence-corrected chi connectivity index (χ2v) is 4.88. The van der Waals surface area contributed by atoms with E-state index in [1.165, 1.54) is 0 Å². The Morgan fingerprint density at radius 2 is 2.11 bits per heavy atom. The van der Waals surface area contributed by atoms with E-state index < -0.39 is 0 Å². The summed E-state index contributed by atoms with van der Waals surface area (Å²) in [5, 5.41) is 2.86. The van der Waals surface area contributed by atoms with Crippen molar-refractivity contribution in [1.82, 2.24) is 5.32 Å². The van der Waals surface area contributed by atoms with E-state index in [2.05, 4.69) is 21.2 Å². The number of amides is 1. The minimum Gasteiger partial charge on any atom is -0.497 e. The number of carbonyl (C=O) groups excluding carboxylic acids is 1. The lowest BCUT2D eigenvalue weighted by Crippen LogP contribution is -2.30. The molecule has 1 rings (SSSR count). The molecule has 0 aliphatic carbocycles. The molecule has 0 spiro atoms. The Balaban J connectivity index is 2.70. The third kappa shape index (κ3) is 3.91. The van der Waals surface area contributed by atoms with E-state index in [4.69, 9.17) is 9.47 Å². The van der Waals surface area contributed by atoms with Gasteiger partial charge in [0.2, 0.25) is 5.91 Å². The van der Waals surface area contributed by atoms with Crippen LogP contribution in [0.2, 0.25) is 0 Å². The van der Waals surface area contributed by atoms with Crippen molar-refractivity contribution < 1.29 is 14.3 Å². The average molecular weight is 316 g/mol. The number of carbonyl (C=O) groups is 1. The van der Waals surface area contributed by atoms with Gasteiger partial charge in [-0.1, -0.05) is 22.9 Å². The Morgan fingerprint density at radius 3 is 2.67 bits per heavy atom. The summed E-state index contributed by atoms with van der Waals surface area (Å²) in [5.41, 5.74) is 0.919. The molecule has 1 amide bonds. The van der Waals surface area contributed by atoms with Crippen molar-refractivity contribution in [2.45, 2.75) is 24.7 Å². The predicted octanol–water partition coefficient (Wildman–Crippen LogP) is 2.49. The van der Waals surface area contributed by atoms with Crippen LogP contribution in [-0.2, 0) is 11.3 Å². The van der Waals surface area contributed by atoms with Crippen molar-refractivity contribution >= 4 is 21.8 Å². The molecule has 0 fully saturated rings. The molecule has 1 aromatic rings. The molecule has 18 heavy (non-hydrogen) atoms. The quantitative estimate of drug-likeness (QED) is 0.820. The predicted molar refractivity (Wildman–Crippen MR) is 74.4 cm³/mol. The SMILES string of the molecule is CCC(Br)C(=O)NCc1ccc(OC)cc1OC. The Morgan fingerprint density at radius 1 is 1.39 bits per heavy atom. The lowest BCUT2D eigenvalue weighted by molar-refractivity contribution is -0.120. The molecule has 0 radical (unpaired) electrons. The number of ether oxygens (including phenoxy) is 2. The monoisotopic (exact) mass is 315 g/mol. The molecule has 1 unspecified atom stereocenters. The molecule has 0 bridgehead atoms. The fourth-order valence-corrected chi connectivity index (χ4v) is 1.64. The van der Waals surface area contributed by atoms with Gasteiger partial charge in [0.1, 0.15) is 11.5 Å². The summed E-state index contributed by atoms with van der Waals surface area (Å²) >= 11 is 3.31. The highest BCUT2D eigenvalue weighted by atomic mass is 79.9. The number of alkyl halides is 1. The molecule has 0 saturated heterocycles. The molecular weight excluding hydrogens is 298 g/mol. The minimum atomic E-state index is -0.151. The third-order valence-electron chi connectivity index (χ3n) is 2.59. The molecule has 1 atom stereocenters. The van der Waals surface area contributed by atoms with E-state index >= 15 is 0 Å². The summed E-state index contributed by atoms with van der Waals surface area (Å²) in [6.07, 6.45) is 0.756. The van der Waals surface area contributed by atoms with Gasteiger partial charge in [-0.15, -0.1) is 0 Å². The number of hydrogen-bond acceptors (Lipinski definition) is 3. The van der Waals surface area contributed by atoms with E-state index in [-0.39, 0.29) is 10.7 Å². The first-order chi connectivity index (χ1) is 8.62. The van der Waals surface area contributed by atoms with E-state index in [1.807, 2.05) is 19.1 Å². The van der Waals surface area contributed by atoms with Gasteiger partial charge in [-0.05, 0) is 18.6 Å². The van der Waals surface area contributed by atoms with Crippen molar-refractivity contribution in [2.75, 3.05) is 14.2 Å². The van der Waals surface area contributed by atoms with Gasteiger partial charge >= 0.3 is 0 Å². The van der Waals surface area contributed by atoms with Gasteiger partial charge in [-0.2, -0.15) is 0 Å². The molecule has 0 heterocycles. The number of nitrogens with one attached hydrogen (secondary N) is 1. The topological polar surface area (TPSA) is 47.6 Å². The molecule has 0 aliphatic heterocycles. The van der Waals surface area contributed by atoms with Gasteiger partial charge in [0, 0.05) is 18.2 Å². The normalized spacial score (nSPS) is 11.8. The maximum Gasteiger partial charge on any atom is 0.234 e. The van der Waals surface area contributed by atoms with Crippen LogP contribution in [0.5, 0.6) is 11.5 Å². The van der Waals surface area contributed by atoms with Crippen molar-refractivity contribution in [2.24, 2.45) is 0 Å². The van der Waals surface area contributed by atoms with Crippen LogP contribution in [-0.4, -0.2) is 25.0 Å². The van der Waals surface area contributed by atoms with Crippen molar-refractivity contribution in [3.8, 4) is 11.5 Å². The zero-order valence-electron chi connectivity index (χ0n) is 10.8. The molecule has 100 valence electrons. The van der Waals surface area contributed by atoms with Gasteiger partial charge in [0.15, 0.2) is 0 Å². The number of methoxy groups -OCH3 is 2. The summed E-state index contributed by atoms with van der Waals surface area (Å²) in [6, 6.07) is 5.52. The highest BCUT2D eigenvalue weighted by molar-refractivity contribution is 9.10. The van der Waals surface area contributed by atoms with Crippen LogP contribution in [0.15, 0.2) is 18.2 Å². The molecule has 0 aliphatic rings. The largest absolute Gasteiger partial charge is 0.497 e. The number of rotatable bonds is 6. The average Bonchev–Trinajstić information content (AvgIpc) is 2.43. The molecule has 1 N–H and O–H groups in total. The Bertz CT molecular complexity index is 409. The van der Waals surface area contributed by atoms with Crippen LogP contribution in [0.4, 0.5) is 0 Å². The highest BCUT2D eigenvalue weighted by Gasteiger charge is 2.12.